The molecule has 0 amide bonds. The fourth-order valence-electron chi connectivity index (χ4n) is 4.09. The lowest BCUT2D eigenvalue weighted by Gasteiger charge is -2.20. The quantitative estimate of drug-likeness (QED) is 0.216. The van der Waals surface area contributed by atoms with Crippen LogP contribution in [-0.4, -0.2) is 11.5 Å². The molecule has 1 aliphatic rings. The molecule has 1 rings (SSSR count). The summed E-state index contributed by atoms with van der Waals surface area (Å²) in [7, 11) is 0. The van der Waals surface area contributed by atoms with E-state index in [1.54, 1.807) is 0 Å². The van der Waals surface area contributed by atoms with Crippen LogP contribution in [0.1, 0.15) is 129 Å². The third-order valence-corrected chi connectivity index (χ3v) is 6.86. The predicted octanol–water partition coefficient (Wildman–Crippen LogP) is 8.86. The number of carbonyl (C=O) groups is 1. The minimum Gasteiger partial charge on any atom is -0.300 e. The van der Waals surface area contributed by atoms with Gasteiger partial charge in [-0.05, 0) is 36.3 Å². The molecular formula is C25H46OS. The number of Topliss-reactive ketones (excluding diaryl/α,β-unsaturated/α-hetero) is 1. The van der Waals surface area contributed by atoms with Gasteiger partial charge in [-0.1, -0.05) is 103 Å². The van der Waals surface area contributed by atoms with Crippen molar-refractivity contribution < 1.29 is 4.79 Å². The average Bonchev–Trinajstić information content (AvgIpc) is 2.70. The van der Waals surface area contributed by atoms with Crippen molar-refractivity contribution in [3.8, 4) is 0 Å². The number of unbranched alkanes of at least 4 members (excludes halogenated alkanes) is 9. The first-order valence-corrected chi connectivity index (χ1v) is 13.2. The molecule has 0 aliphatic heterocycles. The van der Waals surface area contributed by atoms with E-state index in [4.69, 9.17) is 0 Å². The van der Waals surface area contributed by atoms with Gasteiger partial charge in [0.2, 0.25) is 0 Å². The summed E-state index contributed by atoms with van der Waals surface area (Å²) in [6.45, 7) is 2.28. The van der Waals surface area contributed by atoms with Crippen LogP contribution < -0.4 is 0 Å². The average molecular weight is 395 g/mol. The first-order chi connectivity index (χ1) is 13.3. The van der Waals surface area contributed by atoms with Gasteiger partial charge in [0.25, 0.3) is 0 Å². The van der Waals surface area contributed by atoms with E-state index in [9.17, 15) is 4.79 Å². The number of allylic oxidation sites excluding steroid dienone is 1. The summed E-state index contributed by atoms with van der Waals surface area (Å²) in [4.78, 5) is 12.0. The van der Waals surface area contributed by atoms with E-state index in [0.29, 0.717) is 5.78 Å². The zero-order valence-electron chi connectivity index (χ0n) is 18.2. The lowest BCUT2D eigenvalue weighted by molar-refractivity contribution is -0.119. The highest BCUT2D eigenvalue weighted by atomic mass is 32.2. The van der Waals surface area contributed by atoms with Crippen molar-refractivity contribution in [3.05, 3.63) is 11.5 Å². The van der Waals surface area contributed by atoms with Gasteiger partial charge in [-0.25, -0.2) is 0 Å². The fourth-order valence-corrected chi connectivity index (χ4v) is 4.87. The minimum atomic E-state index is 0.477. The minimum absolute atomic E-state index is 0.477. The molecule has 158 valence electrons. The molecular weight excluding hydrogens is 348 g/mol. The monoisotopic (exact) mass is 394 g/mol. The summed E-state index contributed by atoms with van der Waals surface area (Å²) < 4.78 is 0. The molecule has 1 saturated carbocycles. The van der Waals surface area contributed by atoms with Gasteiger partial charge in [0.15, 0.2) is 0 Å². The van der Waals surface area contributed by atoms with E-state index in [1.807, 2.05) is 11.8 Å². The molecule has 0 radical (unpaired) electrons. The van der Waals surface area contributed by atoms with E-state index >= 15 is 0 Å². The number of thioether (sulfide) groups is 1. The Balaban J connectivity index is 1.79. The molecule has 0 heterocycles. The topological polar surface area (TPSA) is 17.1 Å². The summed E-state index contributed by atoms with van der Waals surface area (Å²) in [5.41, 5.74) is 0. The summed E-state index contributed by atoms with van der Waals surface area (Å²) in [5, 5.41) is 2.22. The molecule has 0 spiro atoms. The maximum atomic E-state index is 12.0. The maximum Gasteiger partial charge on any atom is 0.133 e. The molecule has 0 saturated heterocycles. The van der Waals surface area contributed by atoms with Crippen LogP contribution in [-0.2, 0) is 4.79 Å². The van der Waals surface area contributed by atoms with Gasteiger partial charge in [-0.15, -0.1) is 11.8 Å². The second-order valence-corrected chi connectivity index (χ2v) is 9.56. The summed E-state index contributed by atoms with van der Waals surface area (Å²) in [6, 6.07) is 0. The van der Waals surface area contributed by atoms with E-state index < -0.39 is 0 Å². The highest BCUT2D eigenvalue weighted by molar-refractivity contribution is 8.02. The van der Waals surface area contributed by atoms with Crippen molar-refractivity contribution in [1.82, 2.24) is 0 Å². The Labute approximate surface area is 174 Å². The van der Waals surface area contributed by atoms with Gasteiger partial charge in [0.1, 0.15) is 5.78 Å². The Hall–Kier alpha value is -0.240. The number of ketones is 1. The van der Waals surface area contributed by atoms with Crippen LogP contribution in [0.15, 0.2) is 11.5 Å². The van der Waals surface area contributed by atoms with E-state index in [-0.39, 0.29) is 0 Å². The number of hydrogen-bond acceptors (Lipinski definition) is 2. The van der Waals surface area contributed by atoms with Gasteiger partial charge < -0.3 is 0 Å². The van der Waals surface area contributed by atoms with Crippen LogP contribution in [0.5, 0.6) is 0 Å². The Morgan fingerprint density at radius 1 is 0.852 bits per heavy atom. The lowest BCUT2D eigenvalue weighted by Crippen LogP contribution is -2.08. The first kappa shape index (κ1) is 24.8. The Bertz CT molecular complexity index is 357. The third-order valence-electron chi connectivity index (χ3n) is 5.95. The summed E-state index contributed by atoms with van der Waals surface area (Å²) in [5.74, 6) is 2.56. The van der Waals surface area contributed by atoms with Crippen molar-refractivity contribution in [3.63, 3.8) is 0 Å². The zero-order valence-corrected chi connectivity index (χ0v) is 19.0. The van der Waals surface area contributed by atoms with Crippen molar-refractivity contribution in [2.75, 3.05) is 5.75 Å². The molecule has 0 N–H and O–H groups in total. The number of rotatable bonds is 18. The second kappa shape index (κ2) is 19.1. The first-order valence-electron chi connectivity index (χ1n) is 12.1. The number of hydrogen-bond donors (Lipinski definition) is 0. The lowest BCUT2D eigenvalue weighted by atomic mass is 9.85. The van der Waals surface area contributed by atoms with Crippen molar-refractivity contribution >= 4 is 17.5 Å². The normalized spacial score (nSPS) is 15.6. The highest BCUT2D eigenvalue weighted by Crippen LogP contribution is 2.27. The Morgan fingerprint density at radius 3 is 2.15 bits per heavy atom. The highest BCUT2D eigenvalue weighted by Gasteiger charge is 2.14. The van der Waals surface area contributed by atoms with Gasteiger partial charge >= 0.3 is 0 Å². The van der Waals surface area contributed by atoms with Crippen LogP contribution in [0.3, 0.4) is 0 Å². The van der Waals surface area contributed by atoms with E-state index in [0.717, 1.165) is 31.6 Å². The van der Waals surface area contributed by atoms with Crippen LogP contribution in [0, 0.1) is 5.92 Å². The van der Waals surface area contributed by atoms with Crippen LogP contribution in [0.4, 0.5) is 0 Å². The zero-order chi connectivity index (χ0) is 19.4. The van der Waals surface area contributed by atoms with Crippen molar-refractivity contribution in [2.45, 2.75) is 129 Å². The second-order valence-electron chi connectivity index (χ2n) is 8.54. The largest absolute Gasteiger partial charge is 0.300 e. The van der Waals surface area contributed by atoms with Crippen molar-refractivity contribution in [1.29, 1.82) is 0 Å². The summed E-state index contributed by atoms with van der Waals surface area (Å²) in [6.07, 6.45) is 26.9. The molecule has 0 aromatic rings. The van der Waals surface area contributed by atoms with Crippen LogP contribution in [0.2, 0.25) is 0 Å². The molecule has 1 fully saturated rings. The van der Waals surface area contributed by atoms with Gasteiger partial charge in [0, 0.05) is 12.8 Å². The molecule has 0 aromatic heterocycles. The maximum absolute atomic E-state index is 12.0. The van der Waals surface area contributed by atoms with Gasteiger partial charge in [-0.3, -0.25) is 4.79 Å². The standard InChI is InChI=1S/C25H46OS/c1-2-3-4-5-6-7-8-9-10-15-22-27-23-16-14-19-25(26)21-20-24-17-12-11-13-18-24/h16,23-24H,2-15,17-22H2,1H3. The fraction of sp³-hybridized carbons (Fsp3) is 0.880. The molecule has 0 bridgehead atoms. The van der Waals surface area contributed by atoms with E-state index in [2.05, 4.69) is 18.4 Å². The molecule has 1 nitrogen and oxygen atoms in total. The third kappa shape index (κ3) is 16.4. The molecule has 1 aliphatic carbocycles. The molecule has 0 unspecified atom stereocenters. The Kier molecular flexibility index (Phi) is 17.5. The number of carbonyl (C=O) groups excluding carboxylic acids is 1. The molecule has 0 aromatic carbocycles. The predicted molar refractivity (Wildman–Crippen MR) is 123 cm³/mol. The smallest absolute Gasteiger partial charge is 0.133 e. The summed E-state index contributed by atoms with van der Waals surface area (Å²) >= 11 is 1.93. The molecule has 0 atom stereocenters. The van der Waals surface area contributed by atoms with Gasteiger partial charge in [-0.2, -0.15) is 0 Å². The van der Waals surface area contributed by atoms with E-state index in [1.165, 1.54) is 102 Å². The molecule has 27 heavy (non-hydrogen) atoms. The SMILES string of the molecule is CCCCCCCCCCCCSC=CCCC(=O)CCC1CCCCC1. The van der Waals surface area contributed by atoms with Gasteiger partial charge in [0.05, 0.1) is 0 Å². The Morgan fingerprint density at radius 2 is 1.48 bits per heavy atom. The molecule has 2 heteroatoms. The van der Waals surface area contributed by atoms with Crippen molar-refractivity contribution in [2.24, 2.45) is 5.92 Å². The van der Waals surface area contributed by atoms with Crippen LogP contribution in [0.25, 0.3) is 0 Å². The van der Waals surface area contributed by atoms with Crippen LogP contribution >= 0.6 is 11.8 Å².